The summed E-state index contributed by atoms with van der Waals surface area (Å²) in [7, 11) is 0. The Morgan fingerprint density at radius 3 is 1.02 bits per heavy atom. The van der Waals surface area contributed by atoms with Gasteiger partial charge in [-0.15, -0.1) is 0 Å². The van der Waals surface area contributed by atoms with Crippen molar-refractivity contribution < 1.29 is 28.6 Å². The molecule has 1 unspecified atom stereocenters. The summed E-state index contributed by atoms with van der Waals surface area (Å²) in [5.41, 5.74) is 0. The van der Waals surface area contributed by atoms with Crippen LogP contribution >= 0.6 is 0 Å². The van der Waals surface area contributed by atoms with Crippen LogP contribution in [0.1, 0.15) is 181 Å². The van der Waals surface area contributed by atoms with Crippen LogP contribution in [0.15, 0.2) is 122 Å². The highest BCUT2D eigenvalue weighted by molar-refractivity contribution is 5.71. The standard InChI is InChI=1S/C54H84O6/c1-4-7-10-13-16-19-22-25-27-29-32-35-38-41-44-47-53(56)59-50-51(49-58-52(55)46-43-40-37-34-31-24-21-18-15-12-9-6-3)60-54(57)48-45-42-39-36-33-30-28-26-23-20-17-14-11-8-5-2/h7-8,10-11,13-14,16-17,19-20,22-23,25-30,32-33,51H,4-6,9,12,15,18,21,24,31,34-50H2,1-3H3/b10-7-,11-8-,16-13-,17-14-,22-19-,23-20-,27-25-,28-26-,32-29-,33-30-. The fraction of sp³-hybridized carbons (Fsp3) is 0.574. The molecule has 6 nitrogen and oxygen atoms in total. The number of ether oxygens (including phenoxy) is 3. The van der Waals surface area contributed by atoms with E-state index in [1.54, 1.807) is 0 Å². The topological polar surface area (TPSA) is 78.9 Å². The Balaban J connectivity index is 4.58. The molecule has 0 bridgehead atoms. The van der Waals surface area contributed by atoms with Crippen LogP contribution in [0.5, 0.6) is 0 Å². The normalized spacial score (nSPS) is 13.2. The van der Waals surface area contributed by atoms with Gasteiger partial charge in [0.1, 0.15) is 13.2 Å². The van der Waals surface area contributed by atoms with Gasteiger partial charge in [-0.3, -0.25) is 14.4 Å². The van der Waals surface area contributed by atoms with Gasteiger partial charge in [0.15, 0.2) is 6.10 Å². The minimum absolute atomic E-state index is 0.112. The molecule has 0 saturated carbocycles. The van der Waals surface area contributed by atoms with Crippen molar-refractivity contribution in [3.8, 4) is 0 Å². The van der Waals surface area contributed by atoms with Crippen LogP contribution in [0.25, 0.3) is 0 Å². The van der Waals surface area contributed by atoms with Crippen molar-refractivity contribution in [2.75, 3.05) is 13.2 Å². The molecule has 0 spiro atoms. The van der Waals surface area contributed by atoms with E-state index in [0.717, 1.165) is 77.0 Å². The Morgan fingerprint density at radius 1 is 0.350 bits per heavy atom. The Hall–Kier alpha value is -4.19. The first-order chi connectivity index (χ1) is 29.5. The molecule has 0 aliphatic rings. The van der Waals surface area contributed by atoms with Crippen molar-refractivity contribution >= 4 is 17.9 Å². The SMILES string of the molecule is CC\C=C/C=C\C=C/C=C\C=C/CCCCCC(=O)OCC(COC(=O)CCCCCCCCCCCCCC)OC(=O)CCCCC\C=C/C=C\C=C/C=C\C=C/CC. The molecule has 0 saturated heterocycles. The summed E-state index contributed by atoms with van der Waals surface area (Å²) < 4.78 is 16.7. The van der Waals surface area contributed by atoms with E-state index in [9.17, 15) is 14.4 Å². The predicted octanol–water partition coefficient (Wildman–Crippen LogP) is 15.4. The van der Waals surface area contributed by atoms with E-state index in [2.05, 4.69) is 45.1 Å². The average Bonchev–Trinajstić information content (AvgIpc) is 3.24. The van der Waals surface area contributed by atoms with Crippen molar-refractivity contribution in [1.29, 1.82) is 0 Å². The first-order valence-corrected chi connectivity index (χ1v) is 23.7. The van der Waals surface area contributed by atoms with Crippen LogP contribution in [0, 0.1) is 0 Å². The maximum Gasteiger partial charge on any atom is 0.306 e. The van der Waals surface area contributed by atoms with E-state index >= 15 is 0 Å². The lowest BCUT2D eigenvalue weighted by molar-refractivity contribution is -0.167. The van der Waals surface area contributed by atoms with Gasteiger partial charge in [-0.2, -0.15) is 0 Å². The molecular formula is C54H84O6. The summed E-state index contributed by atoms with van der Waals surface area (Å²) in [5.74, 6) is -1.01. The smallest absolute Gasteiger partial charge is 0.306 e. The van der Waals surface area contributed by atoms with Gasteiger partial charge in [0.05, 0.1) is 0 Å². The number of carbonyl (C=O) groups is 3. The fourth-order valence-corrected chi connectivity index (χ4v) is 5.95. The highest BCUT2D eigenvalue weighted by atomic mass is 16.6. The molecule has 0 aliphatic carbocycles. The van der Waals surface area contributed by atoms with E-state index in [0.29, 0.717) is 19.3 Å². The number of carbonyl (C=O) groups excluding carboxylic acids is 3. The number of allylic oxidation sites excluding steroid dienone is 20. The highest BCUT2D eigenvalue weighted by Crippen LogP contribution is 2.14. The first kappa shape index (κ1) is 55.8. The lowest BCUT2D eigenvalue weighted by Crippen LogP contribution is -2.30. The van der Waals surface area contributed by atoms with Crippen LogP contribution in [0.3, 0.4) is 0 Å². The average molecular weight is 829 g/mol. The number of unbranched alkanes of at least 4 members (excludes halogenated alkanes) is 17. The predicted molar refractivity (Wildman–Crippen MR) is 256 cm³/mol. The third-order valence-corrected chi connectivity index (χ3v) is 9.47. The Labute approximate surface area is 367 Å². The van der Waals surface area contributed by atoms with E-state index in [1.807, 2.05) is 97.2 Å². The monoisotopic (exact) mass is 829 g/mol. The number of hydrogen-bond acceptors (Lipinski definition) is 6. The third kappa shape index (κ3) is 44.9. The third-order valence-electron chi connectivity index (χ3n) is 9.47. The van der Waals surface area contributed by atoms with Crippen LogP contribution in [-0.2, 0) is 28.6 Å². The van der Waals surface area contributed by atoms with Gasteiger partial charge in [-0.05, 0) is 57.8 Å². The molecular weight excluding hydrogens is 745 g/mol. The molecule has 0 heterocycles. The van der Waals surface area contributed by atoms with Crippen molar-refractivity contribution in [1.82, 2.24) is 0 Å². The Morgan fingerprint density at radius 2 is 0.650 bits per heavy atom. The number of esters is 3. The van der Waals surface area contributed by atoms with E-state index in [-0.39, 0.29) is 37.5 Å². The van der Waals surface area contributed by atoms with Gasteiger partial charge in [0.2, 0.25) is 0 Å². The zero-order chi connectivity index (χ0) is 43.7. The van der Waals surface area contributed by atoms with Crippen molar-refractivity contribution in [3.05, 3.63) is 122 Å². The van der Waals surface area contributed by atoms with Gasteiger partial charge in [0, 0.05) is 19.3 Å². The second-order valence-corrected chi connectivity index (χ2v) is 15.2. The largest absolute Gasteiger partial charge is 0.462 e. The first-order valence-electron chi connectivity index (χ1n) is 23.7. The molecule has 0 aliphatic heterocycles. The number of hydrogen-bond donors (Lipinski definition) is 0. The van der Waals surface area contributed by atoms with Crippen LogP contribution in [0.2, 0.25) is 0 Å². The molecule has 0 amide bonds. The minimum atomic E-state index is -0.818. The Kier molecular flexibility index (Phi) is 44.2. The molecule has 6 heteroatoms. The molecule has 336 valence electrons. The highest BCUT2D eigenvalue weighted by Gasteiger charge is 2.19. The number of rotatable bonds is 40. The summed E-state index contributed by atoms with van der Waals surface area (Å²) in [6.07, 6.45) is 64.6. The molecule has 0 fully saturated rings. The second-order valence-electron chi connectivity index (χ2n) is 15.2. The van der Waals surface area contributed by atoms with E-state index < -0.39 is 6.10 Å². The Bertz CT molecular complexity index is 1320. The molecule has 0 aromatic carbocycles. The zero-order valence-electron chi connectivity index (χ0n) is 38.2. The molecule has 0 rings (SSSR count). The van der Waals surface area contributed by atoms with Gasteiger partial charge in [-0.25, -0.2) is 0 Å². The molecule has 0 aromatic heterocycles. The second kappa shape index (κ2) is 47.5. The van der Waals surface area contributed by atoms with E-state index in [4.69, 9.17) is 14.2 Å². The molecule has 0 N–H and O–H groups in total. The van der Waals surface area contributed by atoms with Gasteiger partial charge in [0.25, 0.3) is 0 Å². The summed E-state index contributed by atoms with van der Waals surface area (Å²) >= 11 is 0. The summed E-state index contributed by atoms with van der Waals surface area (Å²) in [6, 6.07) is 0. The minimum Gasteiger partial charge on any atom is -0.462 e. The maximum absolute atomic E-state index is 12.7. The fourth-order valence-electron chi connectivity index (χ4n) is 5.95. The van der Waals surface area contributed by atoms with Crippen molar-refractivity contribution in [3.63, 3.8) is 0 Å². The van der Waals surface area contributed by atoms with Gasteiger partial charge >= 0.3 is 17.9 Å². The maximum atomic E-state index is 12.7. The lowest BCUT2D eigenvalue weighted by Gasteiger charge is -2.18. The molecule has 0 radical (unpaired) electrons. The summed E-state index contributed by atoms with van der Waals surface area (Å²) in [4.78, 5) is 37.8. The van der Waals surface area contributed by atoms with Crippen molar-refractivity contribution in [2.45, 2.75) is 187 Å². The van der Waals surface area contributed by atoms with Crippen LogP contribution in [-0.4, -0.2) is 37.2 Å². The van der Waals surface area contributed by atoms with E-state index in [1.165, 1.54) is 57.8 Å². The summed E-state index contributed by atoms with van der Waals surface area (Å²) in [6.45, 7) is 6.24. The van der Waals surface area contributed by atoms with Gasteiger partial charge in [-0.1, -0.05) is 226 Å². The lowest BCUT2D eigenvalue weighted by atomic mass is 10.0. The molecule has 1 atom stereocenters. The quantitative estimate of drug-likeness (QED) is 0.0265. The molecule has 0 aromatic rings. The van der Waals surface area contributed by atoms with Crippen molar-refractivity contribution in [2.24, 2.45) is 0 Å². The van der Waals surface area contributed by atoms with Crippen LogP contribution < -0.4 is 0 Å². The summed E-state index contributed by atoms with van der Waals surface area (Å²) in [5, 5.41) is 0. The van der Waals surface area contributed by atoms with Gasteiger partial charge < -0.3 is 14.2 Å². The van der Waals surface area contributed by atoms with Crippen LogP contribution in [0.4, 0.5) is 0 Å². The zero-order valence-corrected chi connectivity index (χ0v) is 38.2. The molecule has 60 heavy (non-hydrogen) atoms.